The van der Waals surface area contributed by atoms with Crippen molar-refractivity contribution >= 4 is 17.6 Å². The van der Waals surface area contributed by atoms with Gasteiger partial charge < -0.3 is 31.3 Å². The van der Waals surface area contributed by atoms with E-state index in [2.05, 4.69) is 5.32 Å². The van der Waals surface area contributed by atoms with Crippen molar-refractivity contribution in [1.82, 2.24) is 5.32 Å². The second-order valence-electron chi connectivity index (χ2n) is 4.42. The lowest BCUT2D eigenvalue weighted by Crippen LogP contribution is -2.11. The van der Waals surface area contributed by atoms with Crippen molar-refractivity contribution in [2.45, 2.75) is 18.6 Å². The molecule has 0 aliphatic carbocycles. The second-order valence-corrected chi connectivity index (χ2v) is 5.39. The van der Waals surface area contributed by atoms with Gasteiger partial charge in [-0.3, -0.25) is 0 Å². The van der Waals surface area contributed by atoms with Crippen LogP contribution in [-0.4, -0.2) is 41.0 Å². The highest BCUT2D eigenvalue weighted by Gasteiger charge is 2.06. The number of aliphatic hydroxyl groups excluding tert-OH is 2. The molecule has 7 N–H and O–H groups in total. The van der Waals surface area contributed by atoms with Crippen LogP contribution in [0.3, 0.4) is 0 Å². The highest BCUT2D eigenvalue weighted by atomic mass is 32.1. The average Bonchev–Trinajstić information content (AvgIpc) is 3.08. The van der Waals surface area contributed by atoms with Crippen molar-refractivity contribution in [3.05, 3.63) is 58.3 Å². The molecular formula is C16H25NO5S. The molecule has 2 rings (SSSR count). The van der Waals surface area contributed by atoms with Gasteiger partial charge in [0.25, 0.3) is 0 Å². The van der Waals surface area contributed by atoms with E-state index in [1.54, 1.807) is 35.6 Å². The third-order valence-corrected chi connectivity index (χ3v) is 3.78. The predicted molar refractivity (Wildman–Crippen MR) is 92.5 cm³/mol. The summed E-state index contributed by atoms with van der Waals surface area (Å²) in [6.07, 6.45) is 0.0375. The van der Waals surface area contributed by atoms with Crippen LogP contribution in [0.15, 0.2) is 47.8 Å². The maximum atomic E-state index is 10.1. The third-order valence-electron chi connectivity index (χ3n) is 2.81. The van der Waals surface area contributed by atoms with Gasteiger partial charge in [0.2, 0.25) is 0 Å². The molecule has 0 saturated carbocycles. The van der Waals surface area contributed by atoms with Crippen LogP contribution in [0.4, 0.5) is 0 Å². The SMILES string of the molecule is CNCC[C@H](O)c1cccs1.O.O.O=C[C@@H](O)c1ccccc1. The number of hydrogen-bond acceptors (Lipinski definition) is 5. The van der Waals surface area contributed by atoms with Crippen LogP contribution in [0.5, 0.6) is 0 Å². The molecule has 23 heavy (non-hydrogen) atoms. The van der Waals surface area contributed by atoms with Gasteiger partial charge in [-0.2, -0.15) is 0 Å². The van der Waals surface area contributed by atoms with Crippen LogP contribution in [0.1, 0.15) is 29.1 Å². The van der Waals surface area contributed by atoms with Crippen molar-refractivity contribution in [3.8, 4) is 0 Å². The molecule has 0 aliphatic rings. The Kier molecular flexibility index (Phi) is 14.4. The van der Waals surface area contributed by atoms with Crippen molar-refractivity contribution in [1.29, 1.82) is 0 Å². The van der Waals surface area contributed by atoms with Gasteiger partial charge in [-0.15, -0.1) is 11.3 Å². The summed E-state index contributed by atoms with van der Waals surface area (Å²) in [6, 6.07) is 12.7. The average molecular weight is 343 g/mol. The number of benzene rings is 1. The first kappa shape index (κ1) is 23.7. The molecule has 0 amide bonds. The number of carbonyl (C=O) groups is 1. The van der Waals surface area contributed by atoms with Crippen molar-refractivity contribution in [2.24, 2.45) is 0 Å². The fourth-order valence-electron chi connectivity index (χ4n) is 1.63. The molecule has 130 valence electrons. The summed E-state index contributed by atoms with van der Waals surface area (Å²) in [5.41, 5.74) is 0.637. The third kappa shape index (κ3) is 9.19. The van der Waals surface area contributed by atoms with E-state index in [-0.39, 0.29) is 17.1 Å². The van der Waals surface area contributed by atoms with Gasteiger partial charge in [0.15, 0.2) is 6.29 Å². The molecule has 6 nitrogen and oxygen atoms in total. The van der Waals surface area contributed by atoms with E-state index < -0.39 is 6.10 Å². The minimum Gasteiger partial charge on any atom is -0.412 e. The Balaban J connectivity index is 0. The predicted octanol–water partition coefficient (Wildman–Crippen LogP) is 0.660. The van der Waals surface area contributed by atoms with Crippen LogP contribution in [0.2, 0.25) is 0 Å². The fraction of sp³-hybridized carbons (Fsp3) is 0.312. The zero-order valence-electron chi connectivity index (χ0n) is 13.0. The number of hydrogen-bond donors (Lipinski definition) is 3. The molecule has 0 radical (unpaired) electrons. The molecule has 2 aromatic rings. The summed E-state index contributed by atoms with van der Waals surface area (Å²) in [4.78, 5) is 11.1. The standard InChI is InChI=1S/C8H13NOS.C8H8O2.2H2O/c1-9-5-4-7(10)8-3-2-6-11-8;9-6-8(10)7-4-2-1-3-5-7;;/h2-3,6-7,9-10H,4-5H2,1H3;1-6,8,10H;2*1H2/t7-;8-;;/m01../s1. The molecule has 0 spiro atoms. The first-order valence-corrected chi connectivity index (χ1v) is 7.61. The van der Waals surface area contributed by atoms with Crippen LogP contribution in [0, 0.1) is 0 Å². The van der Waals surface area contributed by atoms with Gasteiger partial charge in [0, 0.05) is 4.88 Å². The summed E-state index contributed by atoms with van der Waals surface area (Å²) >= 11 is 1.60. The van der Waals surface area contributed by atoms with E-state index in [0.29, 0.717) is 11.8 Å². The number of rotatable bonds is 6. The summed E-state index contributed by atoms with van der Waals surface area (Å²) in [5, 5.41) is 23.5. The normalized spacial score (nSPS) is 11.8. The lowest BCUT2D eigenvalue weighted by molar-refractivity contribution is -0.115. The first-order valence-electron chi connectivity index (χ1n) is 6.73. The number of carbonyl (C=O) groups excluding carboxylic acids is 1. The Hall–Kier alpha value is -1.61. The van der Waals surface area contributed by atoms with Gasteiger partial charge >= 0.3 is 0 Å². The Labute approximate surface area is 140 Å². The topological polar surface area (TPSA) is 133 Å². The molecule has 2 atom stereocenters. The lowest BCUT2D eigenvalue weighted by atomic mass is 10.1. The molecule has 7 heteroatoms. The quantitative estimate of drug-likeness (QED) is 0.664. The molecular weight excluding hydrogens is 318 g/mol. The minimum absolute atomic E-state index is 0. The monoisotopic (exact) mass is 343 g/mol. The minimum atomic E-state index is -0.971. The van der Waals surface area contributed by atoms with Gasteiger partial charge in [0.1, 0.15) is 6.10 Å². The number of thiophene rings is 1. The van der Waals surface area contributed by atoms with Crippen LogP contribution >= 0.6 is 11.3 Å². The highest BCUT2D eigenvalue weighted by molar-refractivity contribution is 7.10. The summed E-state index contributed by atoms with van der Waals surface area (Å²) in [5.74, 6) is 0. The molecule has 1 aromatic heterocycles. The van der Waals surface area contributed by atoms with Gasteiger partial charge in [-0.1, -0.05) is 36.4 Å². The molecule has 1 aromatic carbocycles. The summed E-state index contributed by atoms with van der Waals surface area (Å²) in [6.45, 7) is 0.860. The molecule has 0 saturated heterocycles. The molecule has 1 heterocycles. The fourth-order valence-corrected chi connectivity index (χ4v) is 2.38. The second kappa shape index (κ2) is 14.0. The Morgan fingerprint density at radius 1 is 1.13 bits per heavy atom. The zero-order chi connectivity index (χ0) is 15.5. The van der Waals surface area contributed by atoms with E-state index in [9.17, 15) is 9.90 Å². The maximum absolute atomic E-state index is 10.1. The summed E-state index contributed by atoms with van der Waals surface area (Å²) in [7, 11) is 1.89. The van der Waals surface area contributed by atoms with Crippen LogP contribution in [-0.2, 0) is 4.79 Å². The lowest BCUT2D eigenvalue weighted by Gasteiger charge is -2.06. The van der Waals surface area contributed by atoms with Crippen molar-refractivity contribution in [3.63, 3.8) is 0 Å². The number of nitrogens with one attached hydrogen (secondary N) is 1. The zero-order valence-corrected chi connectivity index (χ0v) is 13.8. The maximum Gasteiger partial charge on any atom is 0.153 e. The highest BCUT2D eigenvalue weighted by Crippen LogP contribution is 2.20. The van der Waals surface area contributed by atoms with E-state index in [1.807, 2.05) is 30.6 Å². The molecule has 0 aliphatic heterocycles. The Morgan fingerprint density at radius 3 is 2.26 bits per heavy atom. The largest absolute Gasteiger partial charge is 0.412 e. The van der Waals surface area contributed by atoms with Crippen LogP contribution in [0.25, 0.3) is 0 Å². The van der Waals surface area contributed by atoms with Gasteiger partial charge in [0.05, 0.1) is 6.10 Å². The molecule has 0 fully saturated rings. The first-order chi connectivity index (χ1) is 10.2. The van der Waals surface area contributed by atoms with E-state index in [0.717, 1.165) is 17.8 Å². The number of aldehydes is 1. The Morgan fingerprint density at radius 2 is 1.78 bits per heavy atom. The van der Waals surface area contributed by atoms with Crippen LogP contribution < -0.4 is 5.32 Å². The van der Waals surface area contributed by atoms with Gasteiger partial charge in [-0.25, -0.2) is 0 Å². The van der Waals surface area contributed by atoms with E-state index in [4.69, 9.17) is 5.11 Å². The van der Waals surface area contributed by atoms with Crippen molar-refractivity contribution in [2.75, 3.05) is 13.6 Å². The number of aliphatic hydroxyl groups is 2. The molecule has 0 unspecified atom stereocenters. The Bertz CT molecular complexity index is 492. The summed E-state index contributed by atoms with van der Waals surface area (Å²) < 4.78 is 0. The van der Waals surface area contributed by atoms with Gasteiger partial charge in [-0.05, 0) is 37.0 Å². The smallest absolute Gasteiger partial charge is 0.153 e. The van der Waals surface area contributed by atoms with Crippen molar-refractivity contribution < 1.29 is 26.0 Å². The molecule has 0 bridgehead atoms. The van der Waals surface area contributed by atoms with E-state index >= 15 is 0 Å². The van der Waals surface area contributed by atoms with E-state index in [1.165, 1.54) is 0 Å².